The zero-order valence-corrected chi connectivity index (χ0v) is 15.1. The summed E-state index contributed by atoms with van der Waals surface area (Å²) in [5.41, 5.74) is 2.75. The number of aromatic nitrogens is 4. The average molecular weight is 351 g/mol. The maximum Gasteiger partial charge on any atom is 0.244 e. The number of aromatic amines is 1. The first-order chi connectivity index (χ1) is 12.8. The summed E-state index contributed by atoms with van der Waals surface area (Å²) in [7, 11) is 0. The summed E-state index contributed by atoms with van der Waals surface area (Å²) >= 11 is 0. The number of hydrazine groups is 1. The molecule has 26 heavy (non-hydrogen) atoms. The van der Waals surface area contributed by atoms with Crippen LogP contribution in [0.1, 0.15) is 31.7 Å². The third kappa shape index (κ3) is 3.48. The van der Waals surface area contributed by atoms with Gasteiger partial charge in [0.25, 0.3) is 0 Å². The fraction of sp³-hybridized carbons (Fsp3) is 0.421. The van der Waals surface area contributed by atoms with Gasteiger partial charge in [-0.25, -0.2) is 9.99 Å². The molecule has 3 aromatic rings. The lowest BCUT2D eigenvalue weighted by Crippen LogP contribution is -2.46. The van der Waals surface area contributed by atoms with Crippen molar-refractivity contribution >= 4 is 22.9 Å². The number of nitrogens with one attached hydrogen (secondary N) is 2. The number of hydrogen-bond acceptors (Lipinski definition) is 6. The highest BCUT2D eigenvalue weighted by Crippen LogP contribution is 2.23. The molecule has 3 heterocycles. The van der Waals surface area contributed by atoms with E-state index in [1.807, 2.05) is 18.2 Å². The van der Waals surface area contributed by atoms with E-state index >= 15 is 0 Å². The van der Waals surface area contributed by atoms with Crippen LogP contribution in [-0.2, 0) is 6.54 Å². The summed E-state index contributed by atoms with van der Waals surface area (Å²) in [6.07, 6.45) is 5.42. The molecule has 4 rings (SSSR count). The lowest BCUT2D eigenvalue weighted by atomic mass is 10.2. The monoisotopic (exact) mass is 351 g/mol. The Balaban J connectivity index is 1.63. The number of fused-ring (bicyclic) bond motifs is 1. The lowest BCUT2D eigenvalue weighted by Gasteiger charge is -2.36. The van der Waals surface area contributed by atoms with Crippen molar-refractivity contribution in [1.82, 2.24) is 24.9 Å². The molecule has 2 aromatic heterocycles. The van der Waals surface area contributed by atoms with Crippen molar-refractivity contribution in [3.63, 3.8) is 0 Å². The molecule has 1 saturated heterocycles. The molecule has 0 unspecified atom stereocenters. The minimum absolute atomic E-state index is 0.695. The Labute approximate surface area is 153 Å². The smallest absolute Gasteiger partial charge is 0.244 e. The Kier molecular flexibility index (Phi) is 4.97. The molecule has 1 aromatic carbocycles. The van der Waals surface area contributed by atoms with Gasteiger partial charge in [0.1, 0.15) is 5.52 Å². The van der Waals surface area contributed by atoms with Crippen molar-refractivity contribution in [3.8, 4) is 0 Å². The number of benzene rings is 1. The van der Waals surface area contributed by atoms with Gasteiger partial charge in [0.15, 0.2) is 11.5 Å². The number of H-pyrrole nitrogens is 1. The van der Waals surface area contributed by atoms with E-state index in [2.05, 4.69) is 49.3 Å². The Morgan fingerprint density at radius 2 is 1.92 bits per heavy atom. The topological polar surface area (TPSA) is 73.0 Å². The van der Waals surface area contributed by atoms with E-state index in [9.17, 15) is 0 Å². The van der Waals surface area contributed by atoms with Gasteiger partial charge in [0, 0.05) is 26.2 Å². The molecule has 1 aliphatic heterocycles. The standard InChI is InChI=1S/C19H25N7/c1-2-26(25-11-7-4-8-12-25)19-23-17(16-18(24-19)22-14-21-16)20-13-15-9-5-3-6-10-15/h3,5-6,9-10,14H,2,4,7-8,11-13H2,1H3,(H2,20,21,22,23,24). The van der Waals surface area contributed by atoms with Crippen LogP contribution >= 0.6 is 0 Å². The minimum atomic E-state index is 0.695. The molecule has 1 aliphatic rings. The summed E-state index contributed by atoms with van der Waals surface area (Å²) in [4.78, 5) is 17.0. The third-order valence-corrected chi connectivity index (χ3v) is 4.78. The van der Waals surface area contributed by atoms with Crippen molar-refractivity contribution in [2.24, 2.45) is 0 Å². The van der Waals surface area contributed by atoms with Crippen LogP contribution < -0.4 is 10.3 Å². The second-order valence-electron chi connectivity index (χ2n) is 6.54. The van der Waals surface area contributed by atoms with Gasteiger partial charge in [-0.15, -0.1) is 0 Å². The fourth-order valence-corrected chi connectivity index (χ4v) is 3.43. The van der Waals surface area contributed by atoms with Crippen LogP contribution in [-0.4, -0.2) is 44.6 Å². The van der Waals surface area contributed by atoms with E-state index in [1.54, 1.807) is 6.33 Å². The van der Waals surface area contributed by atoms with Crippen LogP contribution in [0.2, 0.25) is 0 Å². The number of hydrogen-bond donors (Lipinski definition) is 2. The Morgan fingerprint density at radius 1 is 1.12 bits per heavy atom. The summed E-state index contributed by atoms with van der Waals surface area (Å²) in [6.45, 7) is 5.81. The van der Waals surface area contributed by atoms with E-state index in [0.717, 1.165) is 31.0 Å². The first-order valence-corrected chi connectivity index (χ1v) is 9.36. The Hall–Kier alpha value is -2.67. The number of imidazole rings is 1. The molecule has 0 radical (unpaired) electrons. The van der Waals surface area contributed by atoms with Crippen LogP contribution in [0.5, 0.6) is 0 Å². The minimum Gasteiger partial charge on any atom is -0.364 e. The van der Waals surface area contributed by atoms with E-state index in [0.29, 0.717) is 18.1 Å². The third-order valence-electron chi connectivity index (χ3n) is 4.78. The molecule has 1 fully saturated rings. The largest absolute Gasteiger partial charge is 0.364 e. The molecule has 7 heteroatoms. The molecule has 0 saturated carbocycles. The number of nitrogens with zero attached hydrogens (tertiary/aromatic N) is 5. The SMILES string of the molecule is CCN(c1nc(NCc2ccccc2)c2[nH]cnc2n1)N1CCCCC1. The predicted octanol–water partition coefficient (Wildman–Crippen LogP) is 3.19. The summed E-state index contributed by atoms with van der Waals surface area (Å²) < 4.78 is 0. The number of anilines is 2. The van der Waals surface area contributed by atoms with E-state index < -0.39 is 0 Å². The van der Waals surface area contributed by atoms with Crippen molar-refractivity contribution in [2.45, 2.75) is 32.7 Å². The van der Waals surface area contributed by atoms with Gasteiger partial charge in [-0.05, 0) is 25.3 Å². The average Bonchev–Trinajstić information content (AvgIpc) is 3.17. The maximum atomic E-state index is 4.83. The molecule has 7 nitrogen and oxygen atoms in total. The van der Waals surface area contributed by atoms with Crippen LogP contribution in [0.15, 0.2) is 36.7 Å². The van der Waals surface area contributed by atoms with Gasteiger partial charge >= 0.3 is 0 Å². The Morgan fingerprint density at radius 3 is 2.69 bits per heavy atom. The van der Waals surface area contributed by atoms with Crippen LogP contribution in [0.25, 0.3) is 11.2 Å². The van der Waals surface area contributed by atoms with Crippen LogP contribution in [0, 0.1) is 0 Å². The number of piperidine rings is 1. The van der Waals surface area contributed by atoms with Crippen molar-refractivity contribution in [3.05, 3.63) is 42.2 Å². The fourth-order valence-electron chi connectivity index (χ4n) is 3.43. The molecule has 0 aliphatic carbocycles. The molecule has 0 bridgehead atoms. The van der Waals surface area contributed by atoms with Gasteiger partial charge in [0.2, 0.25) is 5.95 Å². The zero-order chi connectivity index (χ0) is 17.8. The van der Waals surface area contributed by atoms with Gasteiger partial charge in [-0.1, -0.05) is 36.8 Å². The normalized spacial score (nSPS) is 15.3. The van der Waals surface area contributed by atoms with Crippen molar-refractivity contribution < 1.29 is 0 Å². The predicted molar refractivity (Wildman–Crippen MR) is 104 cm³/mol. The highest BCUT2D eigenvalue weighted by molar-refractivity contribution is 5.83. The molecule has 0 spiro atoms. The lowest BCUT2D eigenvalue weighted by molar-refractivity contribution is 0.207. The molecule has 136 valence electrons. The first-order valence-electron chi connectivity index (χ1n) is 9.36. The molecule has 0 atom stereocenters. The summed E-state index contributed by atoms with van der Waals surface area (Å²) in [5.74, 6) is 1.51. The van der Waals surface area contributed by atoms with E-state index in [1.165, 1.54) is 24.8 Å². The number of rotatable bonds is 6. The van der Waals surface area contributed by atoms with Gasteiger partial charge in [-0.3, -0.25) is 5.01 Å². The summed E-state index contributed by atoms with van der Waals surface area (Å²) in [5, 5.41) is 7.99. The maximum absolute atomic E-state index is 4.83. The summed E-state index contributed by atoms with van der Waals surface area (Å²) in [6, 6.07) is 10.3. The Bertz CT molecular complexity index is 839. The van der Waals surface area contributed by atoms with Crippen LogP contribution in [0.3, 0.4) is 0 Å². The second-order valence-corrected chi connectivity index (χ2v) is 6.54. The van der Waals surface area contributed by atoms with Gasteiger partial charge in [-0.2, -0.15) is 9.97 Å². The van der Waals surface area contributed by atoms with Crippen LogP contribution in [0.4, 0.5) is 11.8 Å². The molecule has 2 N–H and O–H groups in total. The highest BCUT2D eigenvalue weighted by atomic mass is 15.7. The van der Waals surface area contributed by atoms with Crippen molar-refractivity contribution in [1.29, 1.82) is 0 Å². The quantitative estimate of drug-likeness (QED) is 0.710. The van der Waals surface area contributed by atoms with E-state index in [-0.39, 0.29) is 0 Å². The van der Waals surface area contributed by atoms with Gasteiger partial charge < -0.3 is 10.3 Å². The van der Waals surface area contributed by atoms with Crippen molar-refractivity contribution in [2.75, 3.05) is 30.0 Å². The van der Waals surface area contributed by atoms with Gasteiger partial charge in [0.05, 0.1) is 6.33 Å². The highest BCUT2D eigenvalue weighted by Gasteiger charge is 2.21. The zero-order valence-electron chi connectivity index (χ0n) is 15.1. The first kappa shape index (κ1) is 16.8. The molecular formula is C19H25N7. The second kappa shape index (κ2) is 7.70. The molecule has 0 amide bonds. The molecular weight excluding hydrogens is 326 g/mol. The van der Waals surface area contributed by atoms with E-state index in [4.69, 9.17) is 4.98 Å².